The van der Waals surface area contributed by atoms with Gasteiger partial charge in [-0.1, -0.05) is 60.7 Å². The summed E-state index contributed by atoms with van der Waals surface area (Å²) >= 11 is 0. The fourth-order valence-corrected chi connectivity index (χ4v) is 3.42. The van der Waals surface area contributed by atoms with Gasteiger partial charge in [0.15, 0.2) is 0 Å². The van der Waals surface area contributed by atoms with E-state index in [1.165, 1.54) is 11.1 Å². The lowest BCUT2D eigenvalue weighted by Crippen LogP contribution is -2.42. The number of ether oxygens (including phenoxy) is 1. The van der Waals surface area contributed by atoms with Crippen molar-refractivity contribution in [2.24, 2.45) is 5.92 Å². The Hall–Kier alpha value is -2.13. The van der Waals surface area contributed by atoms with Gasteiger partial charge in [0.25, 0.3) is 0 Å². The van der Waals surface area contributed by atoms with E-state index in [0.717, 1.165) is 6.42 Å². The molecular formula is C20H23NO2. The predicted octanol–water partition coefficient (Wildman–Crippen LogP) is 3.68. The summed E-state index contributed by atoms with van der Waals surface area (Å²) in [4.78, 5) is 12.4. The Labute approximate surface area is 137 Å². The van der Waals surface area contributed by atoms with Gasteiger partial charge in [-0.05, 0) is 24.5 Å². The Morgan fingerprint density at radius 1 is 1.04 bits per heavy atom. The van der Waals surface area contributed by atoms with Crippen molar-refractivity contribution in [3.8, 4) is 0 Å². The van der Waals surface area contributed by atoms with E-state index in [1.807, 2.05) is 31.2 Å². The summed E-state index contributed by atoms with van der Waals surface area (Å²) in [6, 6.07) is 21.0. The SMILES string of the molecule is CCOC(=O)C1CNC(c2ccccc2)CC1c1ccccc1. The van der Waals surface area contributed by atoms with Gasteiger partial charge >= 0.3 is 5.97 Å². The van der Waals surface area contributed by atoms with Crippen molar-refractivity contribution < 1.29 is 9.53 Å². The predicted molar refractivity (Wildman–Crippen MR) is 91.1 cm³/mol. The van der Waals surface area contributed by atoms with Gasteiger partial charge < -0.3 is 10.1 Å². The van der Waals surface area contributed by atoms with Crippen LogP contribution in [0.1, 0.15) is 36.4 Å². The molecule has 1 saturated heterocycles. The molecule has 0 spiro atoms. The number of carbonyl (C=O) groups excluding carboxylic acids is 1. The summed E-state index contributed by atoms with van der Waals surface area (Å²) in [6.07, 6.45) is 0.900. The highest BCUT2D eigenvalue weighted by Crippen LogP contribution is 2.38. The summed E-state index contributed by atoms with van der Waals surface area (Å²) in [7, 11) is 0. The summed E-state index contributed by atoms with van der Waals surface area (Å²) in [5.41, 5.74) is 2.49. The van der Waals surface area contributed by atoms with Crippen molar-refractivity contribution in [2.75, 3.05) is 13.2 Å². The van der Waals surface area contributed by atoms with Crippen molar-refractivity contribution in [3.05, 3.63) is 71.8 Å². The Morgan fingerprint density at radius 2 is 1.65 bits per heavy atom. The van der Waals surface area contributed by atoms with E-state index in [1.54, 1.807) is 0 Å². The molecule has 3 nitrogen and oxygen atoms in total. The molecule has 1 N–H and O–H groups in total. The van der Waals surface area contributed by atoms with Crippen LogP contribution in [0.4, 0.5) is 0 Å². The lowest BCUT2D eigenvalue weighted by Gasteiger charge is -2.36. The molecule has 1 heterocycles. The van der Waals surface area contributed by atoms with Crippen LogP contribution in [0.5, 0.6) is 0 Å². The number of benzene rings is 2. The van der Waals surface area contributed by atoms with Crippen LogP contribution in [0.2, 0.25) is 0 Å². The first kappa shape index (κ1) is 15.8. The van der Waals surface area contributed by atoms with E-state index in [-0.39, 0.29) is 23.8 Å². The van der Waals surface area contributed by atoms with E-state index in [2.05, 4.69) is 41.7 Å². The second kappa shape index (κ2) is 7.42. The number of hydrogen-bond acceptors (Lipinski definition) is 3. The maximum atomic E-state index is 12.4. The molecule has 3 atom stereocenters. The van der Waals surface area contributed by atoms with Crippen molar-refractivity contribution in [1.82, 2.24) is 5.32 Å². The molecule has 0 bridgehead atoms. The minimum Gasteiger partial charge on any atom is -0.466 e. The fourth-order valence-electron chi connectivity index (χ4n) is 3.42. The number of piperidine rings is 1. The zero-order chi connectivity index (χ0) is 16.1. The second-order valence-electron chi connectivity index (χ2n) is 5.98. The lowest BCUT2D eigenvalue weighted by atomic mass is 9.77. The van der Waals surface area contributed by atoms with E-state index in [9.17, 15) is 4.79 Å². The summed E-state index contributed by atoms with van der Waals surface area (Å²) in [6.45, 7) is 2.94. The van der Waals surface area contributed by atoms with Gasteiger partial charge in [-0.2, -0.15) is 0 Å². The molecule has 1 fully saturated rings. The highest BCUT2D eigenvalue weighted by atomic mass is 16.5. The minimum absolute atomic E-state index is 0.0969. The molecule has 2 aromatic carbocycles. The topological polar surface area (TPSA) is 38.3 Å². The molecule has 120 valence electrons. The van der Waals surface area contributed by atoms with E-state index < -0.39 is 0 Å². The third-order valence-corrected chi connectivity index (χ3v) is 4.58. The molecule has 3 rings (SSSR count). The van der Waals surface area contributed by atoms with Crippen LogP contribution in [0.15, 0.2) is 60.7 Å². The first-order valence-electron chi connectivity index (χ1n) is 8.29. The van der Waals surface area contributed by atoms with Crippen molar-refractivity contribution >= 4 is 5.97 Å². The average Bonchev–Trinajstić information content (AvgIpc) is 2.63. The largest absolute Gasteiger partial charge is 0.466 e. The quantitative estimate of drug-likeness (QED) is 0.876. The van der Waals surface area contributed by atoms with Crippen molar-refractivity contribution in [2.45, 2.75) is 25.3 Å². The van der Waals surface area contributed by atoms with Gasteiger partial charge in [0.1, 0.15) is 0 Å². The maximum absolute atomic E-state index is 12.4. The van der Waals surface area contributed by atoms with E-state index >= 15 is 0 Å². The molecule has 1 aliphatic rings. The van der Waals surface area contributed by atoms with Crippen LogP contribution in [0, 0.1) is 5.92 Å². The zero-order valence-corrected chi connectivity index (χ0v) is 13.4. The summed E-state index contributed by atoms with van der Waals surface area (Å²) in [5, 5.41) is 3.52. The monoisotopic (exact) mass is 309 g/mol. The molecule has 23 heavy (non-hydrogen) atoms. The zero-order valence-electron chi connectivity index (χ0n) is 13.4. The van der Waals surface area contributed by atoms with E-state index in [0.29, 0.717) is 13.2 Å². The van der Waals surface area contributed by atoms with Crippen LogP contribution in [-0.2, 0) is 9.53 Å². The van der Waals surface area contributed by atoms with Gasteiger partial charge in [0.05, 0.1) is 12.5 Å². The summed E-state index contributed by atoms with van der Waals surface area (Å²) in [5.74, 6) is -0.0422. The highest BCUT2D eigenvalue weighted by molar-refractivity contribution is 5.74. The smallest absolute Gasteiger partial charge is 0.310 e. The molecule has 0 radical (unpaired) electrons. The number of nitrogens with one attached hydrogen (secondary N) is 1. The molecule has 2 aromatic rings. The molecular weight excluding hydrogens is 286 g/mol. The van der Waals surface area contributed by atoms with Gasteiger partial charge in [-0.3, -0.25) is 4.79 Å². The first-order chi connectivity index (χ1) is 11.3. The Bertz CT molecular complexity index is 627. The second-order valence-corrected chi connectivity index (χ2v) is 5.98. The normalized spacial score (nSPS) is 24.1. The van der Waals surface area contributed by atoms with Crippen molar-refractivity contribution in [1.29, 1.82) is 0 Å². The number of hydrogen-bond donors (Lipinski definition) is 1. The standard InChI is InChI=1S/C20H23NO2/c1-2-23-20(22)18-14-21-19(16-11-7-4-8-12-16)13-17(18)15-9-5-3-6-10-15/h3-12,17-19,21H,2,13-14H2,1H3. The minimum atomic E-state index is -0.127. The molecule has 0 aliphatic carbocycles. The molecule has 0 saturated carbocycles. The maximum Gasteiger partial charge on any atom is 0.310 e. The van der Waals surface area contributed by atoms with Gasteiger partial charge in [-0.25, -0.2) is 0 Å². The Kier molecular flexibility index (Phi) is 5.09. The average molecular weight is 309 g/mol. The molecule has 0 amide bonds. The number of rotatable bonds is 4. The fraction of sp³-hybridized carbons (Fsp3) is 0.350. The number of esters is 1. The van der Waals surface area contributed by atoms with Crippen LogP contribution in [-0.4, -0.2) is 19.1 Å². The van der Waals surface area contributed by atoms with Crippen LogP contribution in [0.25, 0.3) is 0 Å². The third kappa shape index (κ3) is 3.62. The van der Waals surface area contributed by atoms with Gasteiger partial charge in [0.2, 0.25) is 0 Å². The van der Waals surface area contributed by atoms with Crippen molar-refractivity contribution in [3.63, 3.8) is 0 Å². The van der Waals surface area contributed by atoms with Gasteiger partial charge in [0, 0.05) is 18.5 Å². The molecule has 3 heteroatoms. The van der Waals surface area contributed by atoms with Crippen LogP contribution >= 0.6 is 0 Å². The Morgan fingerprint density at radius 3 is 2.26 bits per heavy atom. The third-order valence-electron chi connectivity index (χ3n) is 4.58. The number of carbonyl (C=O) groups is 1. The summed E-state index contributed by atoms with van der Waals surface area (Å²) < 4.78 is 5.30. The molecule has 3 unspecified atom stereocenters. The van der Waals surface area contributed by atoms with Crippen LogP contribution < -0.4 is 5.32 Å². The molecule has 0 aromatic heterocycles. The van der Waals surface area contributed by atoms with E-state index in [4.69, 9.17) is 4.74 Å². The van der Waals surface area contributed by atoms with Gasteiger partial charge in [-0.15, -0.1) is 0 Å². The lowest BCUT2D eigenvalue weighted by molar-refractivity contribution is -0.149. The first-order valence-corrected chi connectivity index (χ1v) is 8.29. The molecule has 1 aliphatic heterocycles. The highest BCUT2D eigenvalue weighted by Gasteiger charge is 2.37. The Balaban J connectivity index is 1.85. The van der Waals surface area contributed by atoms with Crippen LogP contribution in [0.3, 0.4) is 0 Å².